The van der Waals surface area contributed by atoms with Crippen molar-refractivity contribution in [3.8, 4) is 0 Å². The van der Waals surface area contributed by atoms with E-state index in [-0.39, 0.29) is 37.6 Å². The van der Waals surface area contributed by atoms with E-state index in [1.165, 1.54) is 16.4 Å². The van der Waals surface area contributed by atoms with E-state index in [2.05, 4.69) is 0 Å². The van der Waals surface area contributed by atoms with E-state index in [1.807, 2.05) is 30.3 Å². The summed E-state index contributed by atoms with van der Waals surface area (Å²) in [6.07, 6.45) is -4.01. The molecule has 0 aromatic heterocycles. The lowest BCUT2D eigenvalue weighted by Gasteiger charge is -2.22. The Labute approximate surface area is 163 Å². The fourth-order valence-corrected chi connectivity index (χ4v) is 4.11. The molecule has 2 aromatic rings. The Morgan fingerprint density at radius 3 is 2.15 bits per heavy atom. The number of nitrogens with zero attached hydrogens (tertiary/aromatic N) is 1. The maximum absolute atomic E-state index is 12.8. The number of rotatable bonds is 8. The Balaban J connectivity index is 0.00000364. The van der Waals surface area contributed by atoms with Gasteiger partial charge in [0.25, 0.3) is 0 Å². The van der Waals surface area contributed by atoms with Crippen LogP contribution in [0.4, 0.5) is 13.2 Å². The number of hydrogen-bond acceptors (Lipinski definition) is 3. The maximum atomic E-state index is 12.8. The van der Waals surface area contributed by atoms with Crippen LogP contribution in [-0.4, -0.2) is 32.4 Å². The molecule has 0 fully saturated rings. The largest absolute Gasteiger partial charge is 0.416 e. The average molecular weight is 423 g/mol. The minimum absolute atomic E-state index is 0. The number of hydrogen-bond donors (Lipinski definition) is 1. The molecular formula is C18H22ClF3N2O2S. The first-order valence-electron chi connectivity index (χ1n) is 8.10. The summed E-state index contributed by atoms with van der Waals surface area (Å²) in [4.78, 5) is 0. The van der Waals surface area contributed by atoms with Gasteiger partial charge in [-0.2, -0.15) is 13.2 Å². The van der Waals surface area contributed by atoms with Gasteiger partial charge in [-0.05, 0) is 23.6 Å². The third-order valence-corrected chi connectivity index (χ3v) is 5.72. The lowest BCUT2D eigenvalue weighted by atomic mass is 10.1. The Kier molecular flexibility index (Phi) is 8.74. The van der Waals surface area contributed by atoms with E-state index in [0.717, 1.165) is 17.7 Å². The Morgan fingerprint density at radius 2 is 1.56 bits per heavy atom. The summed E-state index contributed by atoms with van der Waals surface area (Å²) in [5.74, 6) is -0.494. The van der Waals surface area contributed by atoms with E-state index >= 15 is 0 Å². The Morgan fingerprint density at radius 1 is 0.926 bits per heavy atom. The van der Waals surface area contributed by atoms with Gasteiger partial charge in [-0.15, -0.1) is 12.4 Å². The molecule has 4 nitrogen and oxygen atoms in total. The summed E-state index contributed by atoms with van der Waals surface area (Å²) < 4.78 is 65.0. The number of nitrogens with two attached hydrogens (primary N) is 1. The molecule has 0 heterocycles. The van der Waals surface area contributed by atoms with Crippen molar-refractivity contribution in [2.75, 3.05) is 19.6 Å². The van der Waals surface area contributed by atoms with E-state index in [9.17, 15) is 21.6 Å². The standard InChI is InChI=1S/C18H21F3N2O2S.ClH/c19-18(20,21)17-8-4-7-16(13-17)14-26(24,25)23(12-10-22)11-9-15-5-2-1-3-6-15;/h1-8,13H,9-12,14,22H2;1H. The van der Waals surface area contributed by atoms with Crippen LogP contribution in [0, 0.1) is 0 Å². The van der Waals surface area contributed by atoms with Crippen molar-refractivity contribution in [2.24, 2.45) is 5.73 Å². The molecule has 0 bridgehead atoms. The van der Waals surface area contributed by atoms with Crippen LogP contribution in [0.1, 0.15) is 16.7 Å². The lowest BCUT2D eigenvalue weighted by molar-refractivity contribution is -0.137. The molecule has 2 rings (SSSR count). The normalized spacial score (nSPS) is 12.0. The molecule has 27 heavy (non-hydrogen) atoms. The zero-order chi connectivity index (χ0) is 19.2. The first-order chi connectivity index (χ1) is 12.2. The van der Waals surface area contributed by atoms with Crippen molar-refractivity contribution < 1.29 is 21.6 Å². The van der Waals surface area contributed by atoms with Gasteiger partial charge in [-0.1, -0.05) is 48.5 Å². The van der Waals surface area contributed by atoms with Crippen molar-refractivity contribution in [1.29, 1.82) is 0 Å². The minimum atomic E-state index is -4.51. The van der Waals surface area contributed by atoms with Crippen molar-refractivity contribution in [1.82, 2.24) is 4.31 Å². The highest BCUT2D eigenvalue weighted by atomic mass is 35.5. The fourth-order valence-electron chi connectivity index (χ4n) is 2.57. The van der Waals surface area contributed by atoms with Crippen LogP contribution in [0.15, 0.2) is 54.6 Å². The van der Waals surface area contributed by atoms with Crippen molar-refractivity contribution in [3.63, 3.8) is 0 Å². The molecule has 0 amide bonds. The van der Waals surface area contributed by atoms with Crippen LogP contribution in [0.3, 0.4) is 0 Å². The van der Waals surface area contributed by atoms with Gasteiger partial charge in [0.05, 0.1) is 11.3 Å². The van der Waals surface area contributed by atoms with Gasteiger partial charge in [0.15, 0.2) is 0 Å². The number of benzene rings is 2. The molecular weight excluding hydrogens is 401 g/mol. The molecule has 0 aliphatic rings. The highest BCUT2D eigenvalue weighted by Gasteiger charge is 2.31. The van der Waals surface area contributed by atoms with Crippen LogP contribution in [0.5, 0.6) is 0 Å². The van der Waals surface area contributed by atoms with Gasteiger partial charge in [-0.3, -0.25) is 0 Å². The highest BCUT2D eigenvalue weighted by molar-refractivity contribution is 7.88. The molecule has 2 N–H and O–H groups in total. The molecule has 0 aliphatic carbocycles. The summed E-state index contributed by atoms with van der Waals surface area (Å²) in [5, 5.41) is 0. The molecule has 0 saturated heterocycles. The molecule has 0 saturated carbocycles. The van der Waals surface area contributed by atoms with Crippen LogP contribution < -0.4 is 5.73 Å². The predicted molar refractivity (Wildman–Crippen MR) is 102 cm³/mol. The monoisotopic (exact) mass is 422 g/mol. The van der Waals surface area contributed by atoms with Crippen molar-refractivity contribution in [2.45, 2.75) is 18.3 Å². The Bertz CT molecular complexity index is 815. The Hall–Kier alpha value is -1.61. The molecule has 2 aromatic carbocycles. The van der Waals surface area contributed by atoms with Crippen LogP contribution in [0.25, 0.3) is 0 Å². The molecule has 0 spiro atoms. The van der Waals surface area contributed by atoms with Gasteiger partial charge in [0.2, 0.25) is 10.0 Å². The summed E-state index contributed by atoms with van der Waals surface area (Å²) in [5.41, 5.74) is 5.73. The van der Waals surface area contributed by atoms with Gasteiger partial charge >= 0.3 is 6.18 Å². The molecule has 150 valence electrons. The highest BCUT2D eigenvalue weighted by Crippen LogP contribution is 2.30. The van der Waals surface area contributed by atoms with Crippen LogP contribution >= 0.6 is 12.4 Å². The molecule has 0 atom stereocenters. The average Bonchev–Trinajstić information content (AvgIpc) is 2.58. The number of halogens is 4. The second kappa shape index (κ2) is 10.1. The van der Waals surface area contributed by atoms with E-state index in [0.29, 0.717) is 6.42 Å². The number of sulfonamides is 1. The molecule has 0 unspecified atom stereocenters. The number of alkyl halides is 3. The zero-order valence-electron chi connectivity index (χ0n) is 14.5. The summed E-state index contributed by atoms with van der Waals surface area (Å²) in [6, 6.07) is 13.7. The topological polar surface area (TPSA) is 63.4 Å². The third kappa shape index (κ3) is 7.14. The van der Waals surface area contributed by atoms with Gasteiger partial charge < -0.3 is 5.73 Å². The SMILES string of the molecule is Cl.NCCN(CCc1ccccc1)S(=O)(=O)Cc1cccc(C(F)(F)F)c1. The van der Waals surface area contributed by atoms with Crippen molar-refractivity contribution >= 4 is 22.4 Å². The predicted octanol–water partition coefficient (Wildman–Crippen LogP) is 3.46. The van der Waals surface area contributed by atoms with Crippen molar-refractivity contribution in [3.05, 3.63) is 71.3 Å². The lowest BCUT2D eigenvalue weighted by Crippen LogP contribution is -2.37. The molecule has 0 radical (unpaired) electrons. The minimum Gasteiger partial charge on any atom is -0.329 e. The first-order valence-corrected chi connectivity index (χ1v) is 9.71. The first kappa shape index (κ1) is 23.4. The van der Waals surface area contributed by atoms with Crippen LogP contribution in [0.2, 0.25) is 0 Å². The van der Waals surface area contributed by atoms with E-state index in [1.54, 1.807) is 0 Å². The summed E-state index contributed by atoms with van der Waals surface area (Å²) in [7, 11) is -3.78. The van der Waals surface area contributed by atoms with Gasteiger partial charge in [0, 0.05) is 19.6 Å². The second-order valence-corrected chi connectivity index (χ2v) is 7.85. The van der Waals surface area contributed by atoms with E-state index < -0.39 is 27.5 Å². The van der Waals surface area contributed by atoms with Gasteiger partial charge in [-0.25, -0.2) is 12.7 Å². The van der Waals surface area contributed by atoms with Crippen LogP contribution in [-0.2, 0) is 28.4 Å². The third-order valence-electron chi connectivity index (χ3n) is 3.87. The second-order valence-electron chi connectivity index (χ2n) is 5.88. The summed E-state index contributed by atoms with van der Waals surface area (Å²) in [6.45, 7) is 0.479. The smallest absolute Gasteiger partial charge is 0.329 e. The van der Waals surface area contributed by atoms with E-state index in [4.69, 9.17) is 5.73 Å². The zero-order valence-corrected chi connectivity index (χ0v) is 16.2. The maximum Gasteiger partial charge on any atom is 0.416 e. The van der Waals surface area contributed by atoms with Gasteiger partial charge in [0.1, 0.15) is 0 Å². The summed E-state index contributed by atoms with van der Waals surface area (Å²) >= 11 is 0. The molecule has 9 heteroatoms. The quantitative estimate of drug-likeness (QED) is 0.708. The fraction of sp³-hybridized carbons (Fsp3) is 0.333. The molecule has 0 aliphatic heterocycles.